The Morgan fingerprint density at radius 1 is 1.04 bits per heavy atom. The number of ether oxygens (including phenoxy) is 3. The highest BCUT2D eigenvalue weighted by Gasteiger charge is 2.09. The Labute approximate surface area is 157 Å². The van der Waals surface area contributed by atoms with Crippen LogP contribution in [0.25, 0.3) is 10.9 Å². The molecular weight excluding hydrogens is 346 g/mol. The Morgan fingerprint density at radius 2 is 1.89 bits per heavy atom. The topological polar surface area (TPSA) is 81.7 Å². The number of hydrogen-bond acceptors (Lipinski definition) is 5. The number of nitrogens with one attached hydrogen (secondary N) is 2. The number of pyridine rings is 1. The zero-order chi connectivity index (χ0) is 19.1. The average molecular weight is 367 g/mol. The van der Waals surface area contributed by atoms with Crippen LogP contribution >= 0.6 is 0 Å². The maximum atomic E-state index is 12.1. The number of hydrogen-bond donors (Lipinski definition) is 2. The summed E-state index contributed by atoms with van der Waals surface area (Å²) in [5, 5.41) is 6.49. The maximum absolute atomic E-state index is 12.1. The van der Waals surface area contributed by atoms with Gasteiger partial charge in [-0.25, -0.2) is 4.79 Å². The molecule has 0 unspecified atom stereocenters. The summed E-state index contributed by atoms with van der Waals surface area (Å²) in [5.74, 6) is 1.85. The minimum atomic E-state index is -0.360. The van der Waals surface area contributed by atoms with Crippen molar-refractivity contribution in [3.05, 3.63) is 54.7 Å². The lowest BCUT2D eigenvalue weighted by atomic mass is 10.2. The number of carbonyl (C=O) groups excluding carboxylic acids is 1. The molecule has 7 nitrogen and oxygen atoms in total. The molecule has 1 heterocycles. The van der Waals surface area contributed by atoms with Crippen LogP contribution in [0.15, 0.2) is 54.7 Å². The number of anilines is 1. The molecule has 3 aromatic rings. The van der Waals surface area contributed by atoms with E-state index >= 15 is 0 Å². The summed E-state index contributed by atoms with van der Waals surface area (Å²) in [5.41, 5.74) is 1.32. The van der Waals surface area contributed by atoms with Gasteiger partial charge in [-0.1, -0.05) is 18.2 Å². The first-order chi connectivity index (χ1) is 13.2. The summed E-state index contributed by atoms with van der Waals surface area (Å²) in [7, 11) is 3.10. The fraction of sp³-hybridized carbons (Fsp3) is 0.200. The summed E-state index contributed by atoms with van der Waals surface area (Å²) in [4.78, 5) is 16.5. The van der Waals surface area contributed by atoms with Crippen molar-refractivity contribution in [1.29, 1.82) is 0 Å². The predicted molar refractivity (Wildman–Crippen MR) is 104 cm³/mol. The predicted octanol–water partition coefficient (Wildman–Crippen LogP) is 3.45. The standard InChI is InChI=1S/C20H21N3O4/c1-25-15-8-9-17(26-2)16(13-15)23-20(24)22-11-12-27-18-7-3-5-14-6-4-10-21-19(14)18/h3-10,13H,11-12H2,1-2H3,(H2,22,23,24). The molecule has 0 spiro atoms. The number of rotatable bonds is 7. The lowest BCUT2D eigenvalue weighted by Crippen LogP contribution is -2.32. The van der Waals surface area contributed by atoms with E-state index in [4.69, 9.17) is 14.2 Å². The number of urea groups is 1. The fourth-order valence-electron chi connectivity index (χ4n) is 2.60. The van der Waals surface area contributed by atoms with Crippen LogP contribution in [0.3, 0.4) is 0 Å². The Bertz CT molecular complexity index is 925. The first-order valence-electron chi connectivity index (χ1n) is 8.44. The highest BCUT2D eigenvalue weighted by molar-refractivity contribution is 5.91. The van der Waals surface area contributed by atoms with Gasteiger partial charge in [0.2, 0.25) is 0 Å². The second-order valence-electron chi connectivity index (χ2n) is 5.63. The number of benzene rings is 2. The average Bonchev–Trinajstić information content (AvgIpc) is 2.71. The number of amides is 2. The smallest absolute Gasteiger partial charge is 0.319 e. The van der Waals surface area contributed by atoms with E-state index < -0.39 is 0 Å². The van der Waals surface area contributed by atoms with Gasteiger partial charge in [-0.05, 0) is 24.3 Å². The van der Waals surface area contributed by atoms with Gasteiger partial charge < -0.3 is 24.8 Å². The molecule has 0 atom stereocenters. The maximum Gasteiger partial charge on any atom is 0.319 e. The molecule has 0 aliphatic carbocycles. The van der Waals surface area contributed by atoms with Crippen LogP contribution in [0.4, 0.5) is 10.5 Å². The highest BCUT2D eigenvalue weighted by Crippen LogP contribution is 2.28. The van der Waals surface area contributed by atoms with Crippen LogP contribution in [0.2, 0.25) is 0 Å². The molecule has 0 saturated heterocycles. The van der Waals surface area contributed by atoms with Crippen LogP contribution in [0.1, 0.15) is 0 Å². The van der Waals surface area contributed by atoms with Crippen LogP contribution in [-0.2, 0) is 0 Å². The monoisotopic (exact) mass is 367 g/mol. The molecule has 2 amide bonds. The van der Waals surface area contributed by atoms with Crippen LogP contribution in [0.5, 0.6) is 17.2 Å². The van der Waals surface area contributed by atoms with E-state index in [1.807, 2.05) is 30.3 Å². The molecule has 7 heteroatoms. The summed E-state index contributed by atoms with van der Waals surface area (Å²) >= 11 is 0. The van der Waals surface area contributed by atoms with Crippen molar-refractivity contribution < 1.29 is 19.0 Å². The number of aromatic nitrogens is 1. The molecule has 0 fully saturated rings. The Kier molecular flexibility index (Phi) is 5.94. The molecule has 140 valence electrons. The zero-order valence-electron chi connectivity index (χ0n) is 15.2. The lowest BCUT2D eigenvalue weighted by Gasteiger charge is -2.13. The number of methoxy groups -OCH3 is 2. The van der Waals surface area contributed by atoms with E-state index in [0.29, 0.717) is 36.1 Å². The zero-order valence-corrected chi connectivity index (χ0v) is 15.2. The third-order valence-corrected chi connectivity index (χ3v) is 3.90. The minimum absolute atomic E-state index is 0.318. The van der Waals surface area contributed by atoms with E-state index in [0.717, 1.165) is 10.9 Å². The van der Waals surface area contributed by atoms with Gasteiger partial charge in [0, 0.05) is 17.6 Å². The summed E-state index contributed by atoms with van der Waals surface area (Å²) in [6.07, 6.45) is 1.72. The van der Waals surface area contributed by atoms with Gasteiger partial charge in [-0.3, -0.25) is 4.98 Å². The first-order valence-corrected chi connectivity index (χ1v) is 8.44. The van der Waals surface area contributed by atoms with Crippen molar-refractivity contribution in [3.8, 4) is 17.2 Å². The van der Waals surface area contributed by atoms with Gasteiger partial charge in [-0.15, -0.1) is 0 Å². The second kappa shape index (κ2) is 8.75. The van der Waals surface area contributed by atoms with Crippen molar-refractivity contribution in [1.82, 2.24) is 10.3 Å². The quantitative estimate of drug-likeness (QED) is 0.625. The second-order valence-corrected chi connectivity index (χ2v) is 5.63. The summed E-state index contributed by atoms with van der Waals surface area (Å²) in [6, 6.07) is 14.4. The third kappa shape index (κ3) is 4.58. The molecular formula is C20H21N3O4. The van der Waals surface area contributed by atoms with Crippen LogP contribution in [-0.4, -0.2) is 38.4 Å². The van der Waals surface area contributed by atoms with Gasteiger partial charge in [0.25, 0.3) is 0 Å². The number of fused-ring (bicyclic) bond motifs is 1. The van der Waals surface area contributed by atoms with Gasteiger partial charge >= 0.3 is 6.03 Å². The van der Waals surface area contributed by atoms with E-state index in [-0.39, 0.29) is 6.03 Å². The van der Waals surface area contributed by atoms with Crippen molar-refractivity contribution in [2.24, 2.45) is 0 Å². The lowest BCUT2D eigenvalue weighted by molar-refractivity contribution is 0.247. The summed E-state index contributed by atoms with van der Waals surface area (Å²) in [6.45, 7) is 0.652. The molecule has 0 aliphatic rings. The van der Waals surface area contributed by atoms with Crippen molar-refractivity contribution in [2.75, 3.05) is 32.7 Å². The molecule has 27 heavy (non-hydrogen) atoms. The van der Waals surface area contributed by atoms with Crippen molar-refractivity contribution in [3.63, 3.8) is 0 Å². The molecule has 0 radical (unpaired) electrons. The molecule has 2 N–H and O–H groups in total. The SMILES string of the molecule is COc1ccc(OC)c(NC(=O)NCCOc2cccc3cccnc23)c1. The minimum Gasteiger partial charge on any atom is -0.497 e. The van der Waals surface area contributed by atoms with Crippen LogP contribution in [0, 0.1) is 0 Å². The van der Waals surface area contributed by atoms with Crippen molar-refractivity contribution >= 4 is 22.6 Å². The molecule has 0 saturated carbocycles. The van der Waals surface area contributed by atoms with Crippen molar-refractivity contribution in [2.45, 2.75) is 0 Å². The fourth-order valence-corrected chi connectivity index (χ4v) is 2.60. The Balaban J connectivity index is 1.53. The van der Waals surface area contributed by atoms with Crippen LogP contribution < -0.4 is 24.8 Å². The third-order valence-electron chi connectivity index (χ3n) is 3.90. The number of nitrogens with zero attached hydrogens (tertiary/aromatic N) is 1. The van der Waals surface area contributed by atoms with Gasteiger partial charge in [0.15, 0.2) is 0 Å². The molecule has 0 bridgehead atoms. The molecule has 2 aromatic carbocycles. The van der Waals surface area contributed by atoms with Gasteiger partial charge in [0.1, 0.15) is 29.4 Å². The van der Waals surface area contributed by atoms with E-state index in [1.54, 1.807) is 31.5 Å². The van der Waals surface area contributed by atoms with E-state index in [2.05, 4.69) is 15.6 Å². The largest absolute Gasteiger partial charge is 0.497 e. The van der Waals surface area contributed by atoms with Gasteiger partial charge in [-0.2, -0.15) is 0 Å². The molecule has 3 rings (SSSR count). The van der Waals surface area contributed by atoms with E-state index in [1.165, 1.54) is 7.11 Å². The normalized spacial score (nSPS) is 10.3. The first kappa shape index (κ1) is 18.3. The molecule has 0 aliphatic heterocycles. The van der Waals surface area contributed by atoms with E-state index in [9.17, 15) is 4.79 Å². The Morgan fingerprint density at radius 3 is 2.70 bits per heavy atom. The molecule has 1 aromatic heterocycles. The number of para-hydroxylation sites is 1. The summed E-state index contributed by atoms with van der Waals surface area (Å²) < 4.78 is 16.2. The Hall–Kier alpha value is -3.48. The highest BCUT2D eigenvalue weighted by atomic mass is 16.5. The number of carbonyl (C=O) groups is 1. The van der Waals surface area contributed by atoms with Gasteiger partial charge in [0.05, 0.1) is 26.5 Å².